The van der Waals surface area contributed by atoms with Crippen molar-refractivity contribution in [3.05, 3.63) is 11.6 Å². The average molecular weight is 293 g/mol. The second-order valence-corrected chi connectivity index (χ2v) is 5.94. The lowest BCUT2D eigenvalue weighted by Gasteiger charge is -2.32. The molecule has 2 amide bonds. The molecule has 5 heteroatoms. The molecule has 0 spiro atoms. The van der Waals surface area contributed by atoms with Gasteiger partial charge in [-0.05, 0) is 32.1 Å². The van der Waals surface area contributed by atoms with Crippen LogP contribution < -0.4 is 5.32 Å². The Morgan fingerprint density at radius 1 is 1.24 bits per heavy atom. The zero-order valence-corrected chi connectivity index (χ0v) is 12.9. The molecule has 2 aliphatic rings. The molecule has 118 valence electrons. The van der Waals surface area contributed by atoms with Gasteiger partial charge in [-0.15, -0.1) is 0 Å². The van der Waals surface area contributed by atoms with E-state index in [4.69, 9.17) is 0 Å². The minimum absolute atomic E-state index is 0.143. The summed E-state index contributed by atoms with van der Waals surface area (Å²) in [5.41, 5.74) is 1.51. The standard InChI is InChI=1S/C16H27N3O2/c20-14-19-12-10-18(11-13-19)9-7-16(21)17-8-6-15-4-2-1-3-5-15/h4,14H,1-3,5-13H2,(H,17,21). The summed E-state index contributed by atoms with van der Waals surface area (Å²) in [5, 5.41) is 3.02. The normalized spacial score (nSPS) is 20.0. The Kier molecular flexibility index (Phi) is 6.73. The molecule has 1 aliphatic carbocycles. The van der Waals surface area contributed by atoms with Crippen molar-refractivity contribution in [3.8, 4) is 0 Å². The van der Waals surface area contributed by atoms with Crippen molar-refractivity contribution in [3.63, 3.8) is 0 Å². The number of hydrogen-bond acceptors (Lipinski definition) is 3. The fraction of sp³-hybridized carbons (Fsp3) is 0.750. The number of carbonyl (C=O) groups is 2. The molecular formula is C16H27N3O2. The smallest absolute Gasteiger partial charge is 0.221 e. The molecule has 0 saturated carbocycles. The van der Waals surface area contributed by atoms with Crippen molar-refractivity contribution in [2.24, 2.45) is 0 Å². The summed E-state index contributed by atoms with van der Waals surface area (Å²) < 4.78 is 0. The van der Waals surface area contributed by atoms with Gasteiger partial charge in [-0.1, -0.05) is 11.6 Å². The minimum atomic E-state index is 0.143. The predicted molar refractivity (Wildman–Crippen MR) is 82.9 cm³/mol. The lowest BCUT2D eigenvalue weighted by atomic mass is 9.97. The van der Waals surface area contributed by atoms with Gasteiger partial charge >= 0.3 is 0 Å². The summed E-state index contributed by atoms with van der Waals surface area (Å²) in [6, 6.07) is 0. The Morgan fingerprint density at radius 3 is 2.71 bits per heavy atom. The van der Waals surface area contributed by atoms with Gasteiger partial charge in [0.05, 0.1) is 0 Å². The second-order valence-electron chi connectivity index (χ2n) is 5.94. The maximum absolute atomic E-state index is 11.8. The van der Waals surface area contributed by atoms with Crippen LogP contribution in [0.3, 0.4) is 0 Å². The molecule has 0 aromatic carbocycles. The minimum Gasteiger partial charge on any atom is -0.356 e. The van der Waals surface area contributed by atoms with Crippen LogP contribution >= 0.6 is 0 Å². The molecule has 1 aliphatic heterocycles. The lowest BCUT2D eigenvalue weighted by Crippen LogP contribution is -2.46. The Balaban J connectivity index is 1.53. The second kappa shape index (κ2) is 8.82. The van der Waals surface area contributed by atoms with E-state index in [1.54, 1.807) is 4.90 Å². The third-order valence-electron chi connectivity index (χ3n) is 4.36. The highest BCUT2D eigenvalue weighted by molar-refractivity contribution is 5.76. The van der Waals surface area contributed by atoms with E-state index in [2.05, 4.69) is 16.3 Å². The van der Waals surface area contributed by atoms with Crippen molar-refractivity contribution in [2.75, 3.05) is 39.3 Å². The van der Waals surface area contributed by atoms with E-state index in [1.807, 2.05) is 0 Å². The molecule has 5 nitrogen and oxygen atoms in total. The lowest BCUT2D eigenvalue weighted by molar-refractivity contribution is -0.122. The first-order chi connectivity index (χ1) is 10.3. The van der Waals surface area contributed by atoms with Gasteiger partial charge in [0.2, 0.25) is 12.3 Å². The van der Waals surface area contributed by atoms with Crippen LogP contribution in [0, 0.1) is 0 Å². The molecule has 1 fully saturated rings. The quantitative estimate of drug-likeness (QED) is 0.566. The summed E-state index contributed by atoms with van der Waals surface area (Å²) in [5.74, 6) is 0.143. The van der Waals surface area contributed by atoms with E-state index in [1.165, 1.54) is 31.3 Å². The number of hydrogen-bond donors (Lipinski definition) is 1. The van der Waals surface area contributed by atoms with Crippen LogP contribution in [0.15, 0.2) is 11.6 Å². The van der Waals surface area contributed by atoms with Crippen molar-refractivity contribution in [1.29, 1.82) is 0 Å². The Labute approximate surface area is 127 Å². The maximum Gasteiger partial charge on any atom is 0.221 e. The highest BCUT2D eigenvalue weighted by Gasteiger charge is 2.15. The molecule has 2 rings (SSSR count). The molecule has 0 unspecified atom stereocenters. The highest BCUT2D eigenvalue weighted by Crippen LogP contribution is 2.19. The zero-order chi connectivity index (χ0) is 14.9. The topological polar surface area (TPSA) is 52.7 Å². The van der Waals surface area contributed by atoms with E-state index in [9.17, 15) is 9.59 Å². The monoisotopic (exact) mass is 293 g/mol. The predicted octanol–water partition coefficient (Wildman–Crippen LogP) is 1.16. The van der Waals surface area contributed by atoms with Crippen LogP contribution in [0.4, 0.5) is 0 Å². The Bertz CT molecular complexity index is 374. The van der Waals surface area contributed by atoms with Gasteiger partial charge in [-0.2, -0.15) is 0 Å². The molecule has 0 atom stereocenters. The van der Waals surface area contributed by atoms with E-state index >= 15 is 0 Å². The van der Waals surface area contributed by atoms with E-state index in [-0.39, 0.29) is 5.91 Å². The van der Waals surface area contributed by atoms with Crippen LogP contribution in [0.1, 0.15) is 38.5 Å². The summed E-state index contributed by atoms with van der Waals surface area (Å²) in [4.78, 5) is 26.5. The van der Waals surface area contributed by atoms with Gasteiger partial charge in [-0.3, -0.25) is 14.5 Å². The van der Waals surface area contributed by atoms with Gasteiger partial charge in [0, 0.05) is 45.7 Å². The van der Waals surface area contributed by atoms with Gasteiger partial charge in [0.25, 0.3) is 0 Å². The molecular weight excluding hydrogens is 266 g/mol. The summed E-state index contributed by atoms with van der Waals surface area (Å²) in [6.07, 6.45) is 9.82. The maximum atomic E-state index is 11.8. The number of rotatable bonds is 7. The molecule has 1 saturated heterocycles. The summed E-state index contributed by atoms with van der Waals surface area (Å²) >= 11 is 0. The zero-order valence-electron chi connectivity index (χ0n) is 12.9. The third kappa shape index (κ3) is 5.87. The van der Waals surface area contributed by atoms with E-state index in [0.717, 1.165) is 52.1 Å². The molecule has 0 radical (unpaired) electrons. The van der Waals surface area contributed by atoms with Crippen LogP contribution in [0.2, 0.25) is 0 Å². The van der Waals surface area contributed by atoms with E-state index in [0.29, 0.717) is 6.42 Å². The first-order valence-corrected chi connectivity index (χ1v) is 8.14. The highest BCUT2D eigenvalue weighted by atomic mass is 16.1. The molecule has 21 heavy (non-hydrogen) atoms. The Hall–Kier alpha value is -1.36. The number of carbonyl (C=O) groups excluding carboxylic acids is 2. The number of nitrogens with one attached hydrogen (secondary N) is 1. The van der Waals surface area contributed by atoms with Crippen molar-refractivity contribution in [2.45, 2.75) is 38.5 Å². The van der Waals surface area contributed by atoms with Gasteiger partial charge in [-0.25, -0.2) is 0 Å². The van der Waals surface area contributed by atoms with Crippen LogP contribution in [-0.2, 0) is 9.59 Å². The summed E-state index contributed by atoms with van der Waals surface area (Å²) in [7, 11) is 0. The third-order valence-corrected chi connectivity index (χ3v) is 4.36. The van der Waals surface area contributed by atoms with Gasteiger partial charge in [0.1, 0.15) is 0 Å². The largest absolute Gasteiger partial charge is 0.356 e. The van der Waals surface area contributed by atoms with Gasteiger partial charge < -0.3 is 10.2 Å². The van der Waals surface area contributed by atoms with Gasteiger partial charge in [0.15, 0.2) is 0 Å². The van der Waals surface area contributed by atoms with Crippen LogP contribution in [0.25, 0.3) is 0 Å². The molecule has 0 aromatic heterocycles. The fourth-order valence-electron chi connectivity index (χ4n) is 2.93. The number of allylic oxidation sites excluding steroid dienone is 1. The van der Waals surface area contributed by atoms with E-state index < -0.39 is 0 Å². The molecule has 1 heterocycles. The number of piperazine rings is 1. The molecule has 0 aromatic rings. The number of nitrogens with zero attached hydrogens (tertiary/aromatic N) is 2. The SMILES string of the molecule is O=CN1CCN(CCC(=O)NCCC2=CCCCC2)CC1. The first kappa shape index (κ1) is 16.0. The van der Waals surface area contributed by atoms with Crippen LogP contribution in [0.5, 0.6) is 0 Å². The average Bonchev–Trinajstić information content (AvgIpc) is 2.54. The van der Waals surface area contributed by atoms with Crippen molar-refractivity contribution in [1.82, 2.24) is 15.1 Å². The summed E-state index contributed by atoms with van der Waals surface area (Å²) in [6.45, 7) is 4.86. The first-order valence-electron chi connectivity index (χ1n) is 8.14. The number of amides is 2. The Morgan fingerprint density at radius 2 is 2.05 bits per heavy atom. The van der Waals surface area contributed by atoms with Crippen molar-refractivity contribution >= 4 is 12.3 Å². The molecule has 1 N–H and O–H groups in total. The molecule has 0 bridgehead atoms. The fourth-order valence-corrected chi connectivity index (χ4v) is 2.93. The van der Waals surface area contributed by atoms with Crippen LogP contribution in [-0.4, -0.2) is 61.4 Å². The van der Waals surface area contributed by atoms with Crippen molar-refractivity contribution < 1.29 is 9.59 Å².